The predicted octanol–water partition coefficient (Wildman–Crippen LogP) is 18.2. The molecular weight excluding hydrogens is 760 g/mol. The molecule has 0 N–H and O–H groups in total. The molecule has 0 bridgehead atoms. The van der Waals surface area contributed by atoms with Crippen LogP contribution in [0.5, 0.6) is 0 Å². The Balaban J connectivity index is 0.000000862. The number of unbranched alkanes of at least 4 members (excludes halogenated alkanes) is 2. The van der Waals surface area contributed by atoms with Gasteiger partial charge in [-0.2, -0.15) is 21.1 Å². The van der Waals surface area contributed by atoms with Crippen molar-refractivity contribution >= 4 is 21.7 Å². The Labute approximate surface area is 352 Å². The Morgan fingerprint density at radius 3 is 1.25 bits per heavy atom. The summed E-state index contributed by atoms with van der Waals surface area (Å²) in [6.07, 6.45) is 24.5. The van der Waals surface area contributed by atoms with Gasteiger partial charge < -0.3 is 0 Å². The van der Waals surface area contributed by atoms with E-state index in [1.165, 1.54) is 108 Å². The van der Waals surface area contributed by atoms with E-state index in [1.54, 1.807) is 33.5 Å². The van der Waals surface area contributed by atoms with Gasteiger partial charge in [-0.25, -0.2) is 26.3 Å². The fourth-order valence-corrected chi connectivity index (χ4v) is 20.4. The minimum Gasteiger partial charge on any atom is -0.206 e. The van der Waals surface area contributed by atoms with Crippen LogP contribution in [-0.2, 0) is 0 Å². The molecule has 0 spiro atoms. The van der Waals surface area contributed by atoms with Gasteiger partial charge in [-0.05, 0) is 33.4 Å². The molecule has 2 rings (SSSR count). The molecule has 6 atom stereocenters. The van der Waals surface area contributed by atoms with Crippen molar-refractivity contribution in [3.63, 3.8) is 0 Å². The highest BCUT2D eigenvalue weighted by atomic mass is 31.1. The SMILES string of the molecule is CCCC(C)[CH2][Al-]([CH2]C(C)CCC)([CH2]C(C)CCC)[CH2]C(C)CCC.CCCC[PH2+]CCC(CC)CCCC.Fc1ccccc1-c1c(F)c(F)c(F)c(F)c1F. The number of halogens is 6. The summed E-state index contributed by atoms with van der Waals surface area (Å²) in [5, 5.41) is 6.54. The first-order valence-electron chi connectivity index (χ1n) is 23.4. The van der Waals surface area contributed by atoms with E-state index < -0.39 is 59.1 Å². The van der Waals surface area contributed by atoms with Gasteiger partial charge in [0.25, 0.3) is 0 Å². The van der Waals surface area contributed by atoms with Crippen molar-refractivity contribution in [3.05, 3.63) is 59.2 Å². The molecule has 0 aliphatic carbocycles. The van der Waals surface area contributed by atoms with Crippen LogP contribution in [0.15, 0.2) is 24.3 Å². The monoisotopic (exact) mass is 847 g/mol. The molecule has 2 aromatic carbocycles. The van der Waals surface area contributed by atoms with E-state index >= 15 is 0 Å². The van der Waals surface area contributed by atoms with E-state index in [0.717, 1.165) is 50.3 Å². The summed E-state index contributed by atoms with van der Waals surface area (Å²) in [6, 6.07) is 4.22. The summed E-state index contributed by atoms with van der Waals surface area (Å²) >= 11 is -1.55. The van der Waals surface area contributed by atoms with Crippen LogP contribution < -0.4 is 0 Å². The topological polar surface area (TPSA) is 0 Å². The van der Waals surface area contributed by atoms with Gasteiger partial charge >= 0.3 is 0 Å². The molecule has 2 aromatic rings. The second-order valence-corrected chi connectivity index (χ2v) is 25.2. The van der Waals surface area contributed by atoms with Crippen LogP contribution in [0.1, 0.15) is 172 Å². The highest BCUT2D eigenvalue weighted by molar-refractivity contribution is 7.37. The average Bonchev–Trinajstić information content (AvgIpc) is 3.16. The lowest BCUT2D eigenvalue weighted by Crippen LogP contribution is -2.41. The zero-order chi connectivity index (χ0) is 43.4. The molecule has 0 fully saturated rings. The first-order valence-corrected chi connectivity index (χ1v) is 28.3. The molecule has 57 heavy (non-hydrogen) atoms. The first kappa shape index (κ1) is 56.0. The van der Waals surface area contributed by atoms with E-state index in [0.29, 0.717) is 0 Å². The first-order chi connectivity index (χ1) is 27.1. The zero-order valence-corrected chi connectivity index (χ0v) is 40.8. The van der Waals surface area contributed by atoms with Crippen LogP contribution in [0, 0.1) is 64.5 Å². The summed E-state index contributed by atoms with van der Waals surface area (Å²) in [4.78, 5) is 0. The molecule has 0 aliphatic rings. The zero-order valence-electron chi connectivity index (χ0n) is 38.5. The lowest BCUT2D eigenvalue weighted by Gasteiger charge is -2.44. The number of hydrogen-bond donors (Lipinski definition) is 0. The average molecular weight is 847 g/mol. The van der Waals surface area contributed by atoms with Crippen molar-refractivity contribution in [3.8, 4) is 11.1 Å². The van der Waals surface area contributed by atoms with Crippen molar-refractivity contribution in [2.75, 3.05) is 12.3 Å². The summed E-state index contributed by atoms with van der Waals surface area (Å²) in [7, 11) is 0.782. The maximum Gasteiger partial charge on any atom is 0.200 e. The van der Waals surface area contributed by atoms with Crippen LogP contribution in [-0.4, -0.2) is 25.4 Å². The fraction of sp³-hybridized carbons (Fsp3) is 0.755. The third-order valence-electron chi connectivity index (χ3n) is 12.2. The second-order valence-electron chi connectivity index (χ2n) is 18.1. The smallest absolute Gasteiger partial charge is 0.200 e. The number of hydrogen-bond acceptors (Lipinski definition) is 0. The van der Waals surface area contributed by atoms with Gasteiger partial charge in [0.2, 0.25) is 5.82 Å². The van der Waals surface area contributed by atoms with Crippen LogP contribution >= 0.6 is 8.58 Å². The number of rotatable bonds is 27. The van der Waals surface area contributed by atoms with Crippen LogP contribution in [0.3, 0.4) is 0 Å². The van der Waals surface area contributed by atoms with Crippen molar-refractivity contribution < 1.29 is 26.3 Å². The Hall–Kier alpha value is -1.02. The van der Waals surface area contributed by atoms with Gasteiger partial charge in [0, 0.05) is 5.56 Å². The Kier molecular flexibility index (Phi) is 32.1. The van der Waals surface area contributed by atoms with Crippen molar-refractivity contribution in [1.29, 1.82) is 0 Å². The quantitative estimate of drug-likeness (QED) is 0.0210. The standard InChI is InChI=1S/C13H29P.C12H4F6.4C6H13.Al/c1-4-7-9-13(6-3)10-12-14-11-8-5-2;13-6-4-2-1-3-5(6)7-8(14)10(16)12(18)11(17)9(7)15;4*1-4-5-6(2)3;/h13-14H,4-12H2,1-3H3;1-4H;4*6H,2,4-5H2,1,3H3;/q;;;;;;-1/p+1. The van der Waals surface area contributed by atoms with Crippen LogP contribution in [0.2, 0.25) is 21.1 Å². The van der Waals surface area contributed by atoms with Gasteiger partial charge in [-0.1, -0.05) is 202 Å². The van der Waals surface area contributed by atoms with Crippen molar-refractivity contribution in [1.82, 2.24) is 0 Å². The van der Waals surface area contributed by atoms with E-state index in [2.05, 4.69) is 76.2 Å². The molecule has 8 heteroatoms. The van der Waals surface area contributed by atoms with Crippen molar-refractivity contribution in [2.45, 2.75) is 194 Å². The lowest BCUT2D eigenvalue weighted by atomic mass is 9.97. The molecule has 0 heterocycles. The second kappa shape index (κ2) is 32.7. The third-order valence-corrected chi connectivity index (χ3v) is 20.9. The minimum atomic E-state index is -2.27. The van der Waals surface area contributed by atoms with Gasteiger partial charge in [0.05, 0.1) is 17.9 Å². The van der Waals surface area contributed by atoms with E-state index in [1.807, 2.05) is 0 Å². The molecule has 0 amide bonds. The van der Waals surface area contributed by atoms with Crippen LogP contribution in [0.25, 0.3) is 11.1 Å². The Morgan fingerprint density at radius 1 is 0.474 bits per heavy atom. The minimum absolute atomic E-state index is 0.690. The molecule has 0 aliphatic heterocycles. The maximum atomic E-state index is 13.4. The normalized spacial score (nSPS) is 15.2. The summed E-state index contributed by atoms with van der Waals surface area (Å²) in [6.45, 7) is 26.7. The maximum absolute atomic E-state index is 13.4. The van der Waals surface area contributed by atoms with E-state index in [-0.39, 0.29) is 0 Å². The van der Waals surface area contributed by atoms with Gasteiger partial charge in [-0.3, -0.25) is 0 Å². The van der Waals surface area contributed by atoms with Gasteiger partial charge in [-0.15, -0.1) is 0 Å². The Bertz CT molecular complexity index is 1210. The van der Waals surface area contributed by atoms with Crippen LogP contribution in [0.4, 0.5) is 26.3 Å². The highest BCUT2D eigenvalue weighted by Crippen LogP contribution is 2.41. The Morgan fingerprint density at radius 2 is 0.877 bits per heavy atom. The molecule has 6 unspecified atom stereocenters. The predicted molar refractivity (Wildman–Crippen MR) is 245 cm³/mol. The molecule has 0 saturated carbocycles. The molecule has 332 valence electrons. The third kappa shape index (κ3) is 22.4. The lowest BCUT2D eigenvalue weighted by molar-refractivity contribution is 0.381. The van der Waals surface area contributed by atoms with Gasteiger partial charge in [0.15, 0.2) is 23.3 Å². The summed E-state index contributed by atoms with van der Waals surface area (Å²) in [5.74, 6) is -6.78. The number of benzene rings is 2. The fourth-order valence-electron chi connectivity index (χ4n) is 9.83. The molecule has 0 nitrogen and oxygen atoms in total. The molecular formula is C49H86AlF6P. The van der Waals surface area contributed by atoms with Crippen molar-refractivity contribution in [2.24, 2.45) is 29.6 Å². The van der Waals surface area contributed by atoms with Gasteiger partial charge in [0.1, 0.15) is 18.9 Å². The largest absolute Gasteiger partial charge is 0.206 e. The summed E-state index contributed by atoms with van der Waals surface area (Å²) in [5.41, 5.74) is -1.96. The molecule has 0 aromatic heterocycles. The summed E-state index contributed by atoms with van der Waals surface area (Å²) < 4.78 is 78.8. The highest BCUT2D eigenvalue weighted by Gasteiger charge is 2.34. The van der Waals surface area contributed by atoms with E-state index in [4.69, 9.17) is 0 Å². The van der Waals surface area contributed by atoms with E-state index in [9.17, 15) is 26.3 Å². The molecule has 0 saturated heterocycles. The molecule has 0 radical (unpaired) electrons.